The minimum Gasteiger partial charge on any atom is -0.351 e. The maximum Gasteiger partial charge on any atom is 0.225 e. The maximum atomic E-state index is 12.1. The van der Waals surface area contributed by atoms with E-state index in [-0.39, 0.29) is 36.3 Å². The fraction of sp³-hybridized carbons (Fsp3) is 0.867. The molecule has 2 amide bonds. The van der Waals surface area contributed by atoms with Crippen LogP contribution in [0.1, 0.15) is 45.4 Å². The second-order valence-electron chi connectivity index (χ2n) is 6.85. The van der Waals surface area contributed by atoms with Crippen LogP contribution in [-0.2, 0) is 9.59 Å². The molecule has 0 aromatic rings. The second kappa shape index (κ2) is 6.53. The van der Waals surface area contributed by atoms with Gasteiger partial charge in [-0.3, -0.25) is 9.59 Å². The van der Waals surface area contributed by atoms with E-state index in [0.29, 0.717) is 37.3 Å². The van der Waals surface area contributed by atoms with Crippen molar-refractivity contribution in [3.8, 4) is 0 Å². The third kappa shape index (κ3) is 3.69. The molecule has 0 aromatic carbocycles. The van der Waals surface area contributed by atoms with Gasteiger partial charge in [0.25, 0.3) is 0 Å². The van der Waals surface area contributed by atoms with Crippen molar-refractivity contribution in [1.29, 1.82) is 0 Å². The lowest BCUT2D eigenvalue weighted by Crippen LogP contribution is -2.39. The smallest absolute Gasteiger partial charge is 0.225 e. The van der Waals surface area contributed by atoms with E-state index in [1.54, 1.807) is 0 Å². The molecule has 1 aliphatic heterocycles. The molecule has 3 aliphatic rings. The minimum atomic E-state index is 0. The number of nitrogens with zero attached hydrogens (tertiary/aromatic N) is 1. The van der Waals surface area contributed by atoms with Gasteiger partial charge < -0.3 is 16.0 Å². The lowest BCUT2D eigenvalue weighted by atomic mass is 9.99. The molecular weight excluding hydrogens is 290 g/mol. The quantitative estimate of drug-likeness (QED) is 0.814. The van der Waals surface area contributed by atoms with Gasteiger partial charge in [-0.2, -0.15) is 0 Å². The van der Waals surface area contributed by atoms with Gasteiger partial charge >= 0.3 is 0 Å². The summed E-state index contributed by atoms with van der Waals surface area (Å²) in [5, 5.41) is 3.03. The number of nitrogens with two attached hydrogens (primary N) is 1. The highest BCUT2D eigenvalue weighted by molar-refractivity contribution is 5.85. The van der Waals surface area contributed by atoms with Crippen LogP contribution >= 0.6 is 12.4 Å². The number of halogens is 1. The first-order valence-corrected chi connectivity index (χ1v) is 7.89. The zero-order chi connectivity index (χ0) is 14.3. The lowest BCUT2D eigenvalue weighted by molar-refractivity contribution is -0.128. The Hall–Kier alpha value is -0.810. The number of hydrogen-bond acceptors (Lipinski definition) is 3. The number of hydrogen-bond donors (Lipinski definition) is 2. The van der Waals surface area contributed by atoms with Crippen molar-refractivity contribution < 1.29 is 9.59 Å². The first-order valence-electron chi connectivity index (χ1n) is 7.89. The van der Waals surface area contributed by atoms with Gasteiger partial charge in [0.2, 0.25) is 11.8 Å². The van der Waals surface area contributed by atoms with Crippen LogP contribution in [0.2, 0.25) is 0 Å². The molecule has 0 spiro atoms. The lowest BCUT2D eigenvalue weighted by Gasteiger charge is -2.18. The van der Waals surface area contributed by atoms with Gasteiger partial charge in [0.15, 0.2) is 0 Å². The van der Waals surface area contributed by atoms with Crippen molar-refractivity contribution >= 4 is 24.2 Å². The highest BCUT2D eigenvalue weighted by Gasteiger charge is 2.44. The van der Waals surface area contributed by atoms with Crippen molar-refractivity contribution in [2.24, 2.45) is 17.6 Å². The molecule has 3 unspecified atom stereocenters. The molecule has 0 bridgehead atoms. The Morgan fingerprint density at radius 1 is 1.43 bits per heavy atom. The van der Waals surface area contributed by atoms with E-state index in [9.17, 15) is 9.59 Å². The SMILES string of the molecule is CC1CC1N1CC(NC(=O)C[C@@H]2CCC[C@H]2N)CC1=O.Cl. The predicted octanol–water partition coefficient (Wildman–Crippen LogP) is 1.05. The Labute approximate surface area is 132 Å². The summed E-state index contributed by atoms with van der Waals surface area (Å²) in [6.45, 7) is 2.86. The maximum absolute atomic E-state index is 12.1. The van der Waals surface area contributed by atoms with Crippen molar-refractivity contribution in [1.82, 2.24) is 10.2 Å². The zero-order valence-corrected chi connectivity index (χ0v) is 13.4. The van der Waals surface area contributed by atoms with E-state index < -0.39 is 0 Å². The molecule has 6 heteroatoms. The average molecular weight is 316 g/mol. The monoisotopic (exact) mass is 315 g/mol. The number of nitrogens with one attached hydrogen (secondary N) is 1. The van der Waals surface area contributed by atoms with E-state index in [1.807, 2.05) is 4.90 Å². The van der Waals surface area contributed by atoms with Gasteiger partial charge in [-0.25, -0.2) is 0 Å². The van der Waals surface area contributed by atoms with Crippen LogP contribution in [0, 0.1) is 11.8 Å². The molecule has 2 saturated carbocycles. The molecule has 1 saturated heterocycles. The zero-order valence-electron chi connectivity index (χ0n) is 12.6. The van der Waals surface area contributed by atoms with Crippen molar-refractivity contribution in [2.75, 3.05) is 6.54 Å². The van der Waals surface area contributed by atoms with E-state index in [0.717, 1.165) is 25.7 Å². The van der Waals surface area contributed by atoms with Crippen LogP contribution in [-0.4, -0.2) is 41.4 Å². The molecule has 21 heavy (non-hydrogen) atoms. The molecule has 5 atom stereocenters. The standard InChI is InChI=1S/C15H25N3O2.ClH/c1-9-5-13(9)18-8-11(7-15(18)20)17-14(19)6-10-3-2-4-12(10)16;/h9-13H,2-8,16H2,1H3,(H,17,19);1H/t9?,10-,11?,12+,13?;/m0./s1. The largest absolute Gasteiger partial charge is 0.351 e. The van der Waals surface area contributed by atoms with Gasteiger partial charge in [0, 0.05) is 31.5 Å². The molecule has 3 rings (SSSR count). The molecule has 3 N–H and O–H groups in total. The average Bonchev–Trinajstić information content (AvgIpc) is 2.77. The number of carbonyl (C=O) groups excluding carboxylic acids is 2. The molecule has 120 valence electrons. The summed E-state index contributed by atoms with van der Waals surface area (Å²) in [5.41, 5.74) is 6.00. The fourth-order valence-electron chi connectivity index (χ4n) is 3.73. The fourth-order valence-corrected chi connectivity index (χ4v) is 3.73. The van der Waals surface area contributed by atoms with Crippen LogP contribution in [0.4, 0.5) is 0 Å². The summed E-state index contributed by atoms with van der Waals surface area (Å²) in [7, 11) is 0. The van der Waals surface area contributed by atoms with Crippen molar-refractivity contribution in [3.05, 3.63) is 0 Å². The topological polar surface area (TPSA) is 75.4 Å². The highest BCUT2D eigenvalue weighted by atomic mass is 35.5. The third-order valence-electron chi connectivity index (χ3n) is 5.16. The summed E-state index contributed by atoms with van der Waals surface area (Å²) >= 11 is 0. The Morgan fingerprint density at radius 2 is 2.14 bits per heavy atom. The van der Waals surface area contributed by atoms with Gasteiger partial charge in [0.05, 0.1) is 6.04 Å². The van der Waals surface area contributed by atoms with Crippen molar-refractivity contribution in [2.45, 2.75) is 63.6 Å². The first-order chi connectivity index (χ1) is 9.54. The summed E-state index contributed by atoms with van der Waals surface area (Å²) in [6.07, 6.45) is 5.33. The van der Waals surface area contributed by atoms with E-state index >= 15 is 0 Å². The Balaban J connectivity index is 0.00000161. The van der Waals surface area contributed by atoms with Crippen LogP contribution in [0.5, 0.6) is 0 Å². The van der Waals surface area contributed by atoms with Crippen LogP contribution in [0.15, 0.2) is 0 Å². The van der Waals surface area contributed by atoms with Gasteiger partial charge in [-0.1, -0.05) is 13.3 Å². The Bertz CT molecular complexity index is 418. The summed E-state index contributed by atoms with van der Waals surface area (Å²) in [5.74, 6) is 1.22. The van der Waals surface area contributed by atoms with Gasteiger partial charge in [-0.05, 0) is 31.1 Å². The number of likely N-dealkylation sites (tertiary alicyclic amines) is 1. The molecule has 1 heterocycles. The molecule has 0 radical (unpaired) electrons. The van der Waals surface area contributed by atoms with Gasteiger partial charge in [-0.15, -0.1) is 12.4 Å². The summed E-state index contributed by atoms with van der Waals surface area (Å²) < 4.78 is 0. The number of amides is 2. The first kappa shape index (κ1) is 16.6. The third-order valence-corrected chi connectivity index (χ3v) is 5.16. The Kier molecular flexibility index (Phi) is 5.15. The molecule has 3 fully saturated rings. The summed E-state index contributed by atoms with van der Waals surface area (Å²) in [6, 6.07) is 0.600. The molecule has 5 nitrogen and oxygen atoms in total. The predicted molar refractivity (Wildman–Crippen MR) is 83.0 cm³/mol. The van der Waals surface area contributed by atoms with Crippen molar-refractivity contribution in [3.63, 3.8) is 0 Å². The van der Waals surface area contributed by atoms with E-state index in [1.165, 1.54) is 0 Å². The number of carbonyl (C=O) groups is 2. The Morgan fingerprint density at radius 3 is 2.71 bits per heavy atom. The minimum absolute atomic E-state index is 0. The highest BCUT2D eigenvalue weighted by Crippen LogP contribution is 2.37. The van der Waals surface area contributed by atoms with Crippen LogP contribution in [0.25, 0.3) is 0 Å². The van der Waals surface area contributed by atoms with Crippen LogP contribution in [0.3, 0.4) is 0 Å². The molecular formula is C15H26ClN3O2. The normalized spacial score (nSPS) is 38.3. The molecule has 0 aromatic heterocycles. The summed E-state index contributed by atoms with van der Waals surface area (Å²) in [4.78, 5) is 26.0. The van der Waals surface area contributed by atoms with E-state index in [2.05, 4.69) is 12.2 Å². The molecule has 2 aliphatic carbocycles. The second-order valence-corrected chi connectivity index (χ2v) is 6.85. The number of rotatable bonds is 4. The van der Waals surface area contributed by atoms with E-state index in [4.69, 9.17) is 5.73 Å². The van der Waals surface area contributed by atoms with Crippen LogP contribution < -0.4 is 11.1 Å². The van der Waals surface area contributed by atoms with Gasteiger partial charge in [0.1, 0.15) is 0 Å².